The van der Waals surface area contributed by atoms with Crippen LogP contribution in [0.15, 0.2) is 0 Å². The van der Waals surface area contributed by atoms with Crippen molar-refractivity contribution < 1.29 is 5.11 Å². The van der Waals surface area contributed by atoms with Crippen LogP contribution in [0.4, 0.5) is 0 Å². The predicted molar refractivity (Wildman–Crippen MR) is 82.4 cm³/mol. The molecular weight excluding hydrogens is 244 g/mol. The molecule has 0 aromatic rings. The van der Waals surface area contributed by atoms with Crippen LogP contribution in [-0.2, 0) is 0 Å². The van der Waals surface area contributed by atoms with Crippen molar-refractivity contribution in [3.8, 4) is 0 Å². The van der Waals surface area contributed by atoms with Crippen molar-refractivity contribution in [2.45, 2.75) is 84.2 Å². The third-order valence-electron chi connectivity index (χ3n) is 8.33. The Morgan fingerprint density at radius 3 is 2.60 bits per heavy atom. The van der Waals surface area contributed by atoms with Gasteiger partial charge in [-0.15, -0.1) is 0 Å². The highest BCUT2D eigenvalue weighted by Gasteiger charge is 2.58. The van der Waals surface area contributed by atoms with Crippen molar-refractivity contribution in [3.05, 3.63) is 0 Å². The second-order valence-corrected chi connectivity index (χ2v) is 9.19. The van der Waals surface area contributed by atoms with Crippen molar-refractivity contribution >= 4 is 0 Å². The molecule has 0 radical (unpaired) electrons. The van der Waals surface area contributed by atoms with E-state index in [9.17, 15) is 5.11 Å². The fourth-order valence-corrected chi connectivity index (χ4v) is 7.32. The maximum absolute atomic E-state index is 10.2. The van der Waals surface area contributed by atoms with Gasteiger partial charge in [-0.25, -0.2) is 0 Å². The minimum absolute atomic E-state index is 0.000588. The Kier molecular flexibility index (Phi) is 3.05. The van der Waals surface area contributed by atoms with Crippen LogP contribution in [0.3, 0.4) is 0 Å². The van der Waals surface area contributed by atoms with Gasteiger partial charge >= 0.3 is 0 Å². The summed E-state index contributed by atoms with van der Waals surface area (Å²) in [6.07, 6.45) is 13.9. The molecule has 0 saturated heterocycles. The van der Waals surface area contributed by atoms with Gasteiger partial charge in [0.05, 0.1) is 6.10 Å². The van der Waals surface area contributed by atoms with E-state index in [1.54, 1.807) is 0 Å². The third-order valence-corrected chi connectivity index (χ3v) is 8.33. The van der Waals surface area contributed by atoms with Gasteiger partial charge in [0, 0.05) is 0 Å². The number of fused-ring (bicyclic) bond motifs is 5. The van der Waals surface area contributed by atoms with E-state index in [4.69, 9.17) is 0 Å². The van der Waals surface area contributed by atoms with E-state index in [2.05, 4.69) is 13.8 Å². The lowest BCUT2D eigenvalue weighted by Crippen LogP contribution is -2.51. The smallest absolute Gasteiger partial charge is 0.0548 e. The molecule has 4 aliphatic carbocycles. The van der Waals surface area contributed by atoms with E-state index in [0.717, 1.165) is 36.5 Å². The summed E-state index contributed by atoms with van der Waals surface area (Å²) in [5, 5.41) is 10.2. The van der Waals surface area contributed by atoms with Crippen LogP contribution in [0.1, 0.15) is 78.1 Å². The predicted octanol–water partition coefficient (Wildman–Crippen LogP) is 4.78. The normalized spacial score (nSPS) is 58.6. The van der Waals surface area contributed by atoms with E-state index in [0.29, 0.717) is 10.8 Å². The van der Waals surface area contributed by atoms with Crippen LogP contribution >= 0.6 is 0 Å². The third kappa shape index (κ3) is 1.77. The highest BCUT2D eigenvalue weighted by Crippen LogP contribution is 2.66. The quantitative estimate of drug-likeness (QED) is 0.675. The molecule has 20 heavy (non-hydrogen) atoms. The van der Waals surface area contributed by atoms with Crippen LogP contribution in [0.2, 0.25) is 0 Å². The van der Waals surface area contributed by atoms with Gasteiger partial charge in [-0.3, -0.25) is 0 Å². The molecule has 1 heteroatoms. The lowest BCUT2D eigenvalue weighted by Gasteiger charge is -2.60. The van der Waals surface area contributed by atoms with E-state index in [1.807, 2.05) is 0 Å². The number of hydrogen-bond donors (Lipinski definition) is 1. The lowest BCUT2D eigenvalue weighted by atomic mass is 9.45. The Morgan fingerprint density at radius 2 is 1.75 bits per heavy atom. The molecule has 0 aromatic carbocycles. The van der Waals surface area contributed by atoms with Crippen LogP contribution in [0.25, 0.3) is 0 Å². The molecule has 0 aliphatic heterocycles. The summed E-state index contributed by atoms with van der Waals surface area (Å²) in [4.78, 5) is 0. The summed E-state index contributed by atoms with van der Waals surface area (Å²) in [5.41, 5.74) is 1.12. The molecule has 4 fully saturated rings. The van der Waals surface area contributed by atoms with E-state index in [-0.39, 0.29) is 6.10 Å². The standard InChI is InChI=1S/C19H32O/c1-18-10-8-16-15(17(18)11-14(20)12-18)7-6-13-5-3-4-9-19(13,16)2/h13-17,20H,3-12H2,1-2H3. The van der Waals surface area contributed by atoms with E-state index < -0.39 is 0 Å². The maximum atomic E-state index is 10.2. The van der Waals surface area contributed by atoms with Crippen LogP contribution in [-0.4, -0.2) is 11.2 Å². The second-order valence-electron chi connectivity index (χ2n) is 9.19. The second kappa shape index (κ2) is 4.48. The highest BCUT2D eigenvalue weighted by molar-refractivity contribution is 5.07. The topological polar surface area (TPSA) is 20.2 Å². The molecule has 7 atom stereocenters. The molecule has 114 valence electrons. The first kappa shape index (κ1) is 13.6. The zero-order valence-electron chi connectivity index (χ0n) is 13.4. The van der Waals surface area contributed by atoms with Gasteiger partial charge in [0.1, 0.15) is 0 Å². The van der Waals surface area contributed by atoms with Gasteiger partial charge in [-0.2, -0.15) is 0 Å². The highest BCUT2D eigenvalue weighted by atomic mass is 16.3. The molecule has 0 spiro atoms. The summed E-state index contributed by atoms with van der Waals surface area (Å²) >= 11 is 0. The Morgan fingerprint density at radius 1 is 0.900 bits per heavy atom. The van der Waals surface area contributed by atoms with Crippen molar-refractivity contribution in [2.24, 2.45) is 34.5 Å². The van der Waals surface area contributed by atoms with Gasteiger partial charge in [-0.05, 0) is 85.9 Å². The fourth-order valence-electron chi connectivity index (χ4n) is 7.32. The molecule has 4 aliphatic rings. The minimum atomic E-state index is 0.000588. The van der Waals surface area contributed by atoms with E-state index >= 15 is 0 Å². The summed E-state index contributed by atoms with van der Waals surface area (Å²) in [5.74, 6) is 3.76. The number of rotatable bonds is 0. The van der Waals surface area contributed by atoms with Crippen LogP contribution in [0, 0.1) is 34.5 Å². The fraction of sp³-hybridized carbons (Fsp3) is 1.00. The zero-order chi connectivity index (χ0) is 14.0. The van der Waals surface area contributed by atoms with Gasteiger partial charge in [-0.1, -0.05) is 26.7 Å². The largest absolute Gasteiger partial charge is 0.393 e. The van der Waals surface area contributed by atoms with E-state index in [1.165, 1.54) is 51.4 Å². The molecule has 7 unspecified atom stereocenters. The molecule has 4 rings (SSSR count). The van der Waals surface area contributed by atoms with Crippen molar-refractivity contribution in [1.29, 1.82) is 0 Å². The molecule has 4 saturated carbocycles. The van der Waals surface area contributed by atoms with Crippen molar-refractivity contribution in [2.75, 3.05) is 0 Å². The molecule has 0 heterocycles. The summed E-state index contributed by atoms with van der Waals surface area (Å²) in [6.45, 7) is 5.13. The molecule has 1 nitrogen and oxygen atoms in total. The SMILES string of the molecule is CC12CCC3C(CCC4CCCCC43C)C1CC(O)C2. The summed E-state index contributed by atoms with van der Waals surface area (Å²) in [6, 6.07) is 0. The Bertz CT molecular complexity index is 391. The van der Waals surface area contributed by atoms with Gasteiger partial charge in [0.2, 0.25) is 0 Å². The molecule has 0 aromatic heterocycles. The molecule has 1 N–H and O–H groups in total. The monoisotopic (exact) mass is 276 g/mol. The minimum Gasteiger partial charge on any atom is -0.393 e. The van der Waals surface area contributed by atoms with Crippen LogP contribution < -0.4 is 0 Å². The molecule has 0 bridgehead atoms. The summed E-state index contributed by atoms with van der Waals surface area (Å²) in [7, 11) is 0. The van der Waals surface area contributed by atoms with Crippen molar-refractivity contribution in [3.63, 3.8) is 0 Å². The Hall–Kier alpha value is -0.0400. The van der Waals surface area contributed by atoms with Crippen molar-refractivity contribution in [1.82, 2.24) is 0 Å². The summed E-state index contributed by atoms with van der Waals surface area (Å²) < 4.78 is 0. The number of hydrogen-bond acceptors (Lipinski definition) is 1. The lowest BCUT2D eigenvalue weighted by molar-refractivity contribution is -0.103. The Balaban J connectivity index is 1.64. The average Bonchev–Trinajstić information content (AvgIpc) is 2.72. The average molecular weight is 276 g/mol. The first-order valence-electron chi connectivity index (χ1n) is 9.21. The molecular formula is C19H32O. The number of aliphatic hydroxyl groups excluding tert-OH is 1. The maximum Gasteiger partial charge on any atom is 0.0548 e. The van der Waals surface area contributed by atoms with Gasteiger partial charge in [0.25, 0.3) is 0 Å². The van der Waals surface area contributed by atoms with Gasteiger partial charge < -0.3 is 5.11 Å². The first-order valence-corrected chi connectivity index (χ1v) is 9.21. The van der Waals surface area contributed by atoms with Crippen LogP contribution in [0.5, 0.6) is 0 Å². The van der Waals surface area contributed by atoms with Gasteiger partial charge in [0.15, 0.2) is 0 Å². The first-order chi connectivity index (χ1) is 9.53. The Labute approximate surface area is 124 Å². The number of aliphatic hydroxyl groups is 1. The zero-order valence-corrected chi connectivity index (χ0v) is 13.4. The molecule has 0 amide bonds.